The molecule has 5 heteroatoms. The molecule has 0 aromatic carbocycles. The maximum Gasteiger partial charge on any atom is 0.309 e. The third kappa shape index (κ3) is 4.39. The summed E-state index contributed by atoms with van der Waals surface area (Å²) >= 11 is 0. The van der Waals surface area contributed by atoms with E-state index in [0.717, 1.165) is 64.2 Å². The van der Waals surface area contributed by atoms with E-state index in [9.17, 15) is 14.7 Å². The van der Waals surface area contributed by atoms with Gasteiger partial charge in [0.25, 0.3) is 0 Å². The standard InChI is InChI=1S/C23H36O5/c24-17(5-1-3-9-22(11-12-22)18-7-15-27-20(18)25)6-2-4-10-23(13-14-23)19-8-16-28-21(19)26/h17-19,24H,1-16H2. The molecule has 28 heavy (non-hydrogen) atoms. The van der Waals surface area contributed by atoms with Gasteiger partial charge in [0.1, 0.15) is 0 Å². The average molecular weight is 393 g/mol. The van der Waals surface area contributed by atoms with Crippen LogP contribution in [0.25, 0.3) is 0 Å². The zero-order valence-electron chi connectivity index (χ0n) is 17.1. The molecular weight excluding hydrogens is 356 g/mol. The van der Waals surface area contributed by atoms with Gasteiger partial charge in [0.2, 0.25) is 0 Å². The van der Waals surface area contributed by atoms with Gasteiger partial charge < -0.3 is 14.6 Å². The van der Waals surface area contributed by atoms with Crippen molar-refractivity contribution in [2.75, 3.05) is 13.2 Å². The molecule has 2 saturated heterocycles. The van der Waals surface area contributed by atoms with Gasteiger partial charge in [0.15, 0.2) is 0 Å². The van der Waals surface area contributed by atoms with Gasteiger partial charge in [-0.1, -0.05) is 25.7 Å². The van der Waals surface area contributed by atoms with Crippen molar-refractivity contribution in [3.8, 4) is 0 Å². The summed E-state index contributed by atoms with van der Waals surface area (Å²) in [6.45, 7) is 1.21. The Morgan fingerprint density at radius 2 is 1.21 bits per heavy atom. The van der Waals surface area contributed by atoms with E-state index in [1.165, 1.54) is 25.7 Å². The highest BCUT2D eigenvalue weighted by Gasteiger charge is 2.54. The van der Waals surface area contributed by atoms with Crippen LogP contribution >= 0.6 is 0 Å². The summed E-state index contributed by atoms with van der Waals surface area (Å²) in [6, 6.07) is 0. The minimum absolute atomic E-state index is 0.0248. The second kappa shape index (κ2) is 8.33. The van der Waals surface area contributed by atoms with E-state index in [2.05, 4.69) is 0 Å². The third-order valence-corrected chi connectivity index (χ3v) is 8.06. The van der Waals surface area contributed by atoms with E-state index < -0.39 is 0 Å². The van der Waals surface area contributed by atoms with Crippen LogP contribution in [0.1, 0.15) is 89.9 Å². The predicted octanol–water partition coefficient (Wildman–Crippen LogP) is 4.15. The summed E-state index contributed by atoms with van der Waals surface area (Å²) in [5.41, 5.74) is 0.469. The minimum Gasteiger partial charge on any atom is -0.465 e. The SMILES string of the molecule is O=C1OCCC1C1(CCCCC(O)CCCCC2(C3CCOC3=O)CC2)CC1. The summed E-state index contributed by atoms with van der Waals surface area (Å²) < 4.78 is 10.3. The molecule has 0 amide bonds. The molecule has 0 aromatic rings. The van der Waals surface area contributed by atoms with Crippen molar-refractivity contribution in [1.29, 1.82) is 0 Å². The van der Waals surface area contributed by atoms with Crippen LogP contribution in [0.4, 0.5) is 0 Å². The molecule has 2 atom stereocenters. The van der Waals surface area contributed by atoms with Crippen LogP contribution in [0.2, 0.25) is 0 Å². The van der Waals surface area contributed by atoms with Crippen LogP contribution in [0.15, 0.2) is 0 Å². The number of unbranched alkanes of at least 4 members (excludes halogenated alkanes) is 2. The predicted molar refractivity (Wildman–Crippen MR) is 104 cm³/mol. The van der Waals surface area contributed by atoms with Crippen molar-refractivity contribution in [3.05, 3.63) is 0 Å². The smallest absolute Gasteiger partial charge is 0.309 e. The molecule has 0 radical (unpaired) electrons. The first-order chi connectivity index (χ1) is 13.5. The molecule has 2 heterocycles. The fourth-order valence-corrected chi connectivity index (χ4v) is 5.83. The molecule has 4 fully saturated rings. The van der Waals surface area contributed by atoms with E-state index in [-0.39, 0.29) is 40.7 Å². The fourth-order valence-electron chi connectivity index (χ4n) is 5.83. The normalized spacial score (nSPS) is 30.8. The van der Waals surface area contributed by atoms with E-state index in [1.807, 2.05) is 0 Å². The molecule has 2 saturated carbocycles. The van der Waals surface area contributed by atoms with Gasteiger partial charge in [-0.2, -0.15) is 0 Å². The van der Waals surface area contributed by atoms with Crippen LogP contribution in [-0.2, 0) is 19.1 Å². The van der Waals surface area contributed by atoms with Gasteiger partial charge in [-0.3, -0.25) is 9.59 Å². The number of rotatable bonds is 12. The van der Waals surface area contributed by atoms with Gasteiger partial charge >= 0.3 is 11.9 Å². The van der Waals surface area contributed by atoms with Crippen LogP contribution in [0.5, 0.6) is 0 Å². The number of carbonyl (C=O) groups excluding carboxylic acids is 2. The Morgan fingerprint density at radius 3 is 1.54 bits per heavy atom. The lowest BCUT2D eigenvalue weighted by Crippen LogP contribution is -2.21. The topological polar surface area (TPSA) is 72.8 Å². The Kier molecular flexibility index (Phi) is 6.01. The van der Waals surface area contributed by atoms with Crippen molar-refractivity contribution < 1.29 is 24.2 Å². The Morgan fingerprint density at radius 1 is 0.786 bits per heavy atom. The molecule has 5 nitrogen and oxygen atoms in total. The van der Waals surface area contributed by atoms with E-state index in [1.54, 1.807) is 0 Å². The quantitative estimate of drug-likeness (QED) is 0.399. The lowest BCUT2D eigenvalue weighted by molar-refractivity contribution is -0.144. The molecule has 0 spiro atoms. The van der Waals surface area contributed by atoms with Crippen molar-refractivity contribution in [1.82, 2.24) is 0 Å². The number of cyclic esters (lactones) is 2. The maximum absolute atomic E-state index is 11.8. The largest absolute Gasteiger partial charge is 0.465 e. The Labute approximate surface area is 168 Å². The molecular formula is C23H36O5. The number of hydrogen-bond acceptors (Lipinski definition) is 5. The van der Waals surface area contributed by atoms with Crippen molar-refractivity contribution in [3.63, 3.8) is 0 Å². The second-order valence-electron chi connectivity index (χ2n) is 9.89. The van der Waals surface area contributed by atoms with Crippen LogP contribution in [0, 0.1) is 22.7 Å². The second-order valence-corrected chi connectivity index (χ2v) is 9.89. The van der Waals surface area contributed by atoms with Gasteiger partial charge in [-0.15, -0.1) is 0 Å². The summed E-state index contributed by atoms with van der Waals surface area (Å²) in [7, 11) is 0. The molecule has 4 rings (SSSR count). The summed E-state index contributed by atoms with van der Waals surface area (Å²) in [5, 5.41) is 10.3. The lowest BCUT2D eigenvalue weighted by atomic mass is 9.83. The maximum atomic E-state index is 11.8. The zero-order chi connectivity index (χ0) is 19.6. The highest BCUT2D eigenvalue weighted by Crippen LogP contribution is 2.59. The Hall–Kier alpha value is -1.10. The van der Waals surface area contributed by atoms with E-state index >= 15 is 0 Å². The molecule has 1 N–H and O–H groups in total. The molecule has 4 aliphatic rings. The van der Waals surface area contributed by atoms with E-state index in [4.69, 9.17) is 9.47 Å². The van der Waals surface area contributed by atoms with Crippen molar-refractivity contribution in [2.24, 2.45) is 22.7 Å². The van der Waals surface area contributed by atoms with Crippen molar-refractivity contribution in [2.45, 2.75) is 96.0 Å². The summed E-state index contributed by atoms with van der Waals surface area (Å²) in [4.78, 5) is 23.7. The van der Waals surface area contributed by atoms with E-state index in [0.29, 0.717) is 13.2 Å². The first-order valence-corrected chi connectivity index (χ1v) is 11.6. The highest BCUT2D eigenvalue weighted by atomic mass is 16.5. The lowest BCUT2D eigenvalue weighted by Gasteiger charge is -2.20. The van der Waals surface area contributed by atoms with Gasteiger partial charge in [-0.05, 0) is 75.0 Å². The Balaban J connectivity index is 1.06. The summed E-state index contributed by atoms with van der Waals surface area (Å²) in [5.74, 6) is 0.335. The molecule has 2 aliphatic heterocycles. The fraction of sp³-hybridized carbons (Fsp3) is 0.913. The van der Waals surface area contributed by atoms with Crippen LogP contribution in [0.3, 0.4) is 0 Å². The Bertz CT molecular complexity index is 528. The third-order valence-electron chi connectivity index (χ3n) is 8.06. The van der Waals surface area contributed by atoms with Crippen LogP contribution in [-0.4, -0.2) is 36.4 Å². The number of aliphatic hydroxyl groups excluding tert-OH is 1. The first-order valence-electron chi connectivity index (χ1n) is 11.6. The highest BCUT2D eigenvalue weighted by molar-refractivity contribution is 5.76. The molecule has 158 valence electrons. The molecule has 2 unspecified atom stereocenters. The summed E-state index contributed by atoms with van der Waals surface area (Å²) in [6.07, 6.45) is 14.5. The zero-order valence-corrected chi connectivity index (χ0v) is 17.1. The molecule has 0 bridgehead atoms. The molecule has 2 aliphatic carbocycles. The average Bonchev–Trinajstić information content (AvgIpc) is 3.56. The van der Waals surface area contributed by atoms with Gasteiger partial charge in [0.05, 0.1) is 31.2 Å². The minimum atomic E-state index is -0.210. The number of esters is 2. The monoisotopic (exact) mass is 392 g/mol. The number of hydrogen-bond donors (Lipinski definition) is 1. The molecule has 0 aromatic heterocycles. The van der Waals surface area contributed by atoms with Gasteiger partial charge in [0, 0.05) is 0 Å². The van der Waals surface area contributed by atoms with Crippen molar-refractivity contribution >= 4 is 11.9 Å². The number of ether oxygens (including phenoxy) is 2. The number of carbonyl (C=O) groups is 2. The van der Waals surface area contributed by atoms with Crippen LogP contribution < -0.4 is 0 Å². The first kappa shape index (κ1) is 20.2. The number of aliphatic hydroxyl groups is 1. The van der Waals surface area contributed by atoms with Gasteiger partial charge in [-0.25, -0.2) is 0 Å².